The molecular formula is C24H28N4O. The maximum absolute atomic E-state index is 13.0. The number of fused-ring (bicyclic) bond motifs is 1. The van der Waals surface area contributed by atoms with Crippen LogP contribution < -0.4 is 0 Å². The molecule has 1 atom stereocenters. The summed E-state index contributed by atoms with van der Waals surface area (Å²) in [5.74, 6) is 0.870. The van der Waals surface area contributed by atoms with Crippen molar-refractivity contribution in [1.29, 1.82) is 0 Å². The lowest BCUT2D eigenvalue weighted by atomic mass is 9.88. The molecule has 5 nitrogen and oxygen atoms in total. The van der Waals surface area contributed by atoms with Crippen molar-refractivity contribution in [2.24, 2.45) is 0 Å². The highest BCUT2D eigenvalue weighted by atomic mass is 16.2. The van der Waals surface area contributed by atoms with E-state index in [1.807, 2.05) is 4.90 Å². The zero-order valence-electron chi connectivity index (χ0n) is 17.0. The summed E-state index contributed by atoms with van der Waals surface area (Å²) in [5, 5.41) is 0. The number of nitrogens with zero attached hydrogens (tertiary/aromatic N) is 3. The Labute approximate surface area is 171 Å². The van der Waals surface area contributed by atoms with Gasteiger partial charge in [0.25, 0.3) is 0 Å². The van der Waals surface area contributed by atoms with Crippen LogP contribution in [-0.2, 0) is 11.3 Å². The van der Waals surface area contributed by atoms with E-state index in [0.717, 1.165) is 56.5 Å². The molecule has 0 saturated carbocycles. The van der Waals surface area contributed by atoms with E-state index in [2.05, 4.69) is 64.3 Å². The molecule has 1 N–H and O–H groups in total. The monoisotopic (exact) mass is 388 g/mol. The van der Waals surface area contributed by atoms with Gasteiger partial charge in [-0.2, -0.15) is 0 Å². The zero-order chi connectivity index (χ0) is 19.8. The number of hydrogen-bond donors (Lipinski definition) is 1. The number of carbonyl (C=O) groups excluding carboxylic acids is 1. The lowest BCUT2D eigenvalue weighted by Gasteiger charge is -2.35. The van der Waals surface area contributed by atoms with Crippen LogP contribution in [0.25, 0.3) is 11.0 Å². The van der Waals surface area contributed by atoms with Crippen LogP contribution in [0.15, 0.2) is 48.8 Å². The Hall–Kier alpha value is -2.66. The van der Waals surface area contributed by atoms with Crippen molar-refractivity contribution in [3.05, 3.63) is 65.5 Å². The van der Waals surface area contributed by atoms with Gasteiger partial charge in [-0.05, 0) is 68.5 Å². The fourth-order valence-corrected chi connectivity index (χ4v) is 4.88. The molecule has 3 heterocycles. The first-order valence-electron chi connectivity index (χ1n) is 10.7. The number of rotatable bonds is 4. The third kappa shape index (κ3) is 3.67. The van der Waals surface area contributed by atoms with Crippen LogP contribution in [0.2, 0.25) is 0 Å². The topological polar surface area (TPSA) is 52.2 Å². The quantitative estimate of drug-likeness (QED) is 0.739. The second-order valence-corrected chi connectivity index (χ2v) is 8.54. The lowest BCUT2D eigenvalue weighted by molar-refractivity contribution is -0.133. The fraction of sp³-hybridized carbons (Fsp3) is 0.417. The number of H-pyrrole nitrogens is 1. The number of nitrogens with one attached hydrogen (secondary N) is 1. The van der Waals surface area contributed by atoms with E-state index >= 15 is 0 Å². The van der Waals surface area contributed by atoms with Gasteiger partial charge in [0.1, 0.15) is 0 Å². The van der Waals surface area contributed by atoms with Gasteiger partial charge in [-0.1, -0.05) is 35.9 Å². The molecule has 5 rings (SSSR count). The van der Waals surface area contributed by atoms with Gasteiger partial charge in [0.2, 0.25) is 5.91 Å². The molecule has 150 valence electrons. The molecule has 2 saturated heterocycles. The summed E-state index contributed by atoms with van der Waals surface area (Å²) in [5.41, 5.74) is 5.99. The minimum absolute atomic E-state index is 0.0650. The molecule has 1 amide bonds. The van der Waals surface area contributed by atoms with E-state index < -0.39 is 0 Å². The molecule has 0 aliphatic carbocycles. The molecule has 2 aromatic carbocycles. The number of likely N-dealkylation sites (tertiary alicyclic amines) is 2. The minimum atomic E-state index is 0.0650. The highest BCUT2D eigenvalue weighted by molar-refractivity contribution is 5.84. The number of amides is 1. The Morgan fingerprint density at radius 2 is 1.83 bits per heavy atom. The predicted molar refractivity (Wildman–Crippen MR) is 115 cm³/mol. The number of aromatic nitrogens is 2. The van der Waals surface area contributed by atoms with E-state index in [9.17, 15) is 4.79 Å². The van der Waals surface area contributed by atoms with Crippen molar-refractivity contribution >= 4 is 16.9 Å². The molecule has 3 aromatic rings. The van der Waals surface area contributed by atoms with E-state index in [0.29, 0.717) is 11.8 Å². The van der Waals surface area contributed by atoms with Crippen LogP contribution in [0.3, 0.4) is 0 Å². The number of benzene rings is 2. The first-order valence-corrected chi connectivity index (χ1v) is 10.7. The molecule has 29 heavy (non-hydrogen) atoms. The van der Waals surface area contributed by atoms with Gasteiger partial charge in [-0.15, -0.1) is 0 Å². The first-order chi connectivity index (χ1) is 14.2. The standard InChI is InChI=1S/C24H28N4O/c1-17-2-4-18(5-3-17)15-28-13-10-23(24(28)29)27-11-8-19(9-12-27)20-6-7-21-22(14-20)26-16-25-21/h2-7,14,16,19,23H,8-13,15H2,1H3,(H,25,26)/t23-/m1/s1. The molecule has 0 spiro atoms. The van der Waals surface area contributed by atoms with Crippen molar-refractivity contribution in [3.63, 3.8) is 0 Å². The third-order valence-corrected chi connectivity index (χ3v) is 6.65. The number of carbonyl (C=O) groups is 1. The minimum Gasteiger partial charge on any atom is -0.345 e. The van der Waals surface area contributed by atoms with Gasteiger partial charge in [-0.3, -0.25) is 9.69 Å². The van der Waals surface area contributed by atoms with Crippen molar-refractivity contribution in [1.82, 2.24) is 19.8 Å². The van der Waals surface area contributed by atoms with Crippen LogP contribution >= 0.6 is 0 Å². The van der Waals surface area contributed by atoms with E-state index in [4.69, 9.17) is 0 Å². The number of piperidine rings is 1. The number of aromatic amines is 1. The smallest absolute Gasteiger partial charge is 0.240 e. The van der Waals surface area contributed by atoms with Gasteiger partial charge in [0.05, 0.1) is 23.4 Å². The predicted octanol–water partition coefficient (Wildman–Crippen LogP) is 3.85. The summed E-state index contributed by atoms with van der Waals surface area (Å²) in [4.78, 5) is 25.0. The molecule has 0 unspecified atom stereocenters. The average Bonchev–Trinajstić information content (AvgIpc) is 3.36. The zero-order valence-corrected chi connectivity index (χ0v) is 17.0. The van der Waals surface area contributed by atoms with E-state index in [1.54, 1.807) is 6.33 Å². The number of hydrogen-bond acceptors (Lipinski definition) is 3. The Morgan fingerprint density at radius 3 is 2.62 bits per heavy atom. The van der Waals surface area contributed by atoms with Crippen molar-refractivity contribution in [2.75, 3.05) is 19.6 Å². The van der Waals surface area contributed by atoms with Crippen LogP contribution in [-0.4, -0.2) is 51.4 Å². The van der Waals surface area contributed by atoms with Crippen LogP contribution in [0.1, 0.15) is 41.9 Å². The van der Waals surface area contributed by atoms with E-state index in [-0.39, 0.29) is 6.04 Å². The van der Waals surface area contributed by atoms with Crippen molar-refractivity contribution < 1.29 is 4.79 Å². The second-order valence-electron chi connectivity index (χ2n) is 8.54. The van der Waals surface area contributed by atoms with Gasteiger partial charge in [-0.25, -0.2) is 4.98 Å². The summed E-state index contributed by atoms with van der Waals surface area (Å²) in [6.07, 6.45) is 4.93. The fourth-order valence-electron chi connectivity index (χ4n) is 4.88. The molecule has 0 bridgehead atoms. The summed E-state index contributed by atoms with van der Waals surface area (Å²) < 4.78 is 0. The summed E-state index contributed by atoms with van der Waals surface area (Å²) in [6, 6.07) is 15.2. The maximum atomic E-state index is 13.0. The highest BCUT2D eigenvalue weighted by Crippen LogP contribution is 2.32. The van der Waals surface area contributed by atoms with Gasteiger partial charge < -0.3 is 9.88 Å². The lowest BCUT2D eigenvalue weighted by Crippen LogP contribution is -2.45. The molecule has 0 radical (unpaired) electrons. The summed E-state index contributed by atoms with van der Waals surface area (Å²) in [6.45, 7) is 5.69. The van der Waals surface area contributed by atoms with Crippen LogP contribution in [0.4, 0.5) is 0 Å². The normalized spacial score (nSPS) is 21.3. The Balaban J connectivity index is 1.19. The maximum Gasteiger partial charge on any atom is 0.240 e. The Kier molecular flexibility index (Phi) is 4.84. The molecule has 2 fully saturated rings. The molecule has 2 aliphatic heterocycles. The largest absolute Gasteiger partial charge is 0.345 e. The number of imidazole rings is 1. The van der Waals surface area contributed by atoms with Crippen molar-refractivity contribution in [3.8, 4) is 0 Å². The van der Waals surface area contributed by atoms with E-state index in [1.165, 1.54) is 16.7 Å². The van der Waals surface area contributed by atoms with Gasteiger partial charge in [0.15, 0.2) is 0 Å². The Bertz CT molecular complexity index is 1000. The first kappa shape index (κ1) is 18.4. The van der Waals surface area contributed by atoms with Crippen molar-refractivity contribution in [2.45, 2.75) is 44.7 Å². The van der Waals surface area contributed by atoms with Gasteiger partial charge >= 0.3 is 0 Å². The summed E-state index contributed by atoms with van der Waals surface area (Å²) in [7, 11) is 0. The molecule has 5 heteroatoms. The highest BCUT2D eigenvalue weighted by Gasteiger charge is 2.37. The van der Waals surface area contributed by atoms with Crippen LogP contribution in [0, 0.1) is 6.92 Å². The second kappa shape index (κ2) is 7.64. The van der Waals surface area contributed by atoms with Crippen LogP contribution in [0.5, 0.6) is 0 Å². The molecular weight excluding hydrogens is 360 g/mol. The Morgan fingerprint density at radius 1 is 1.03 bits per heavy atom. The molecule has 2 aliphatic rings. The summed E-state index contributed by atoms with van der Waals surface area (Å²) >= 11 is 0. The average molecular weight is 389 g/mol. The number of aryl methyl sites for hydroxylation is 1. The van der Waals surface area contributed by atoms with Gasteiger partial charge in [0, 0.05) is 13.1 Å². The molecule has 1 aromatic heterocycles. The SMILES string of the molecule is Cc1ccc(CN2CC[C@@H](N3CCC(c4ccc5[nH]cnc5c4)CC3)C2=O)cc1. The third-order valence-electron chi connectivity index (χ3n) is 6.65.